The first-order chi connectivity index (χ1) is 13.8. The number of benzene rings is 1. The lowest BCUT2D eigenvalue weighted by Gasteiger charge is -2.32. The smallest absolute Gasteiger partial charge is 0.465 e. The number of halogens is 4. The zero-order chi connectivity index (χ0) is 20.9. The van der Waals surface area contributed by atoms with Crippen LogP contribution >= 0.6 is 24.0 Å². The van der Waals surface area contributed by atoms with Gasteiger partial charge in [-0.2, -0.15) is 0 Å². The van der Waals surface area contributed by atoms with E-state index in [1.54, 1.807) is 0 Å². The van der Waals surface area contributed by atoms with E-state index in [1.807, 2.05) is 19.1 Å². The van der Waals surface area contributed by atoms with Crippen molar-refractivity contribution < 1.29 is 27.1 Å². The Labute approximate surface area is 189 Å². The zero-order valence-corrected chi connectivity index (χ0v) is 18.6. The lowest BCUT2D eigenvalue weighted by atomic mass is 10.1. The number of furan rings is 1. The van der Waals surface area contributed by atoms with Gasteiger partial charge in [0.1, 0.15) is 17.3 Å². The quantitative estimate of drug-likeness (QED) is 0.329. The second-order valence-electron chi connectivity index (χ2n) is 6.54. The number of guanidine groups is 1. The van der Waals surface area contributed by atoms with Gasteiger partial charge in [-0.1, -0.05) is 0 Å². The summed E-state index contributed by atoms with van der Waals surface area (Å²) in [6.45, 7) is 5.04. The fraction of sp³-hybridized carbons (Fsp3) is 0.421. The molecule has 1 aliphatic heterocycles. The van der Waals surface area contributed by atoms with Gasteiger partial charge in [0.2, 0.25) is 0 Å². The number of aliphatic imine (C=N–C) groups is 1. The molecular formula is C19H24F3IN4O3. The number of rotatable bonds is 6. The van der Waals surface area contributed by atoms with Crippen LogP contribution < -0.4 is 15.8 Å². The van der Waals surface area contributed by atoms with E-state index in [0.717, 1.165) is 24.6 Å². The maximum atomic E-state index is 12.2. The molecule has 0 bridgehead atoms. The highest BCUT2D eigenvalue weighted by Gasteiger charge is 2.31. The molecule has 166 valence electrons. The van der Waals surface area contributed by atoms with Crippen molar-refractivity contribution in [2.45, 2.75) is 19.3 Å². The van der Waals surface area contributed by atoms with E-state index < -0.39 is 6.36 Å². The van der Waals surface area contributed by atoms with Crippen molar-refractivity contribution in [3.05, 3.63) is 47.9 Å². The minimum Gasteiger partial charge on any atom is -0.465 e. The van der Waals surface area contributed by atoms with Crippen molar-refractivity contribution in [1.82, 2.24) is 4.90 Å². The number of nitrogens with zero attached hydrogens (tertiary/aromatic N) is 2. The molecule has 2 aromatic rings. The molecule has 7 nitrogen and oxygen atoms in total. The van der Waals surface area contributed by atoms with Gasteiger partial charge in [0.05, 0.1) is 25.8 Å². The molecule has 0 spiro atoms. The summed E-state index contributed by atoms with van der Waals surface area (Å²) in [6, 6.07) is 9.00. The van der Waals surface area contributed by atoms with Crippen LogP contribution in [-0.4, -0.2) is 50.1 Å². The molecule has 1 aliphatic rings. The van der Waals surface area contributed by atoms with Crippen LogP contribution in [0.5, 0.6) is 5.75 Å². The summed E-state index contributed by atoms with van der Waals surface area (Å²) >= 11 is 0. The number of alkyl halides is 3. The lowest BCUT2D eigenvalue weighted by Crippen LogP contribution is -2.40. The van der Waals surface area contributed by atoms with Crippen LogP contribution in [0.15, 0.2) is 45.8 Å². The van der Waals surface area contributed by atoms with E-state index in [1.165, 1.54) is 24.3 Å². The molecule has 3 N–H and O–H groups in total. The van der Waals surface area contributed by atoms with Crippen molar-refractivity contribution in [1.29, 1.82) is 0 Å². The summed E-state index contributed by atoms with van der Waals surface area (Å²) in [5.41, 5.74) is 6.46. The van der Waals surface area contributed by atoms with Crippen LogP contribution in [0.4, 0.5) is 18.9 Å². The molecule has 0 radical (unpaired) electrons. The first-order valence-corrected chi connectivity index (χ1v) is 9.11. The van der Waals surface area contributed by atoms with Crippen LogP contribution in [0, 0.1) is 6.92 Å². The number of aryl methyl sites for hydroxylation is 1. The number of nitrogens with two attached hydrogens (primary N) is 1. The molecular weight excluding hydrogens is 516 g/mol. The Bertz CT molecular complexity index is 821. The van der Waals surface area contributed by atoms with Crippen molar-refractivity contribution in [3.63, 3.8) is 0 Å². The minimum absolute atomic E-state index is 0. The Balaban J connectivity index is 0.00000320. The monoisotopic (exact) mass is 540 g/mol. The summed E-state index contributed by atoms with van der Waals surface area (Å²) in [5.74, 6) is 1.46. The van der Waals surface area contributed by atoms with E-state index in [4.69, 9.17) is 14.9 Å². The SMILES string of the molecule is Cc1ccc(C(CN=C(N)Nc2ccc(OC(F)(F)F)cc2)N2CCOCC2)o1.I. The molecule has 1 fully saturated rings. The van der Waals surface area contributed by atoms with Crippen LogP contribution in [0.25, 0.3) is 0 Å². The third-order valence-electron chi connectivity index (χ3n) is 4.37. The maximum absolute atomic E-state index is 12.2. The average molecular weight is 540 g/mol. The summed E-state index contributed by atoms with van der Waals surface area (Å²) in [5, 5.41) is 2.86. The van der Waals surface area contributed by atoms with Crippen molar-refractivity contribution >= 4 is 35.6 Å². The third-order valence-corrected chi connectivity index (χ3v) is 4.37. The lowest BCUT2D eigenvalue weighted by molar-refractivity contribution is -0.274. The van der Waals surface area contributed by atoms with E-state index in [0.29, 0.717) is 25.4 Å². The fourth-order valence-corrected chi connectivity index (χ4v) is 3.02. The Hall–Kier alpha value is -1.99. The van der Waals surface area contributed by atoms with Crippen LogP contribution in [0.2, 0.25) is 0 Å². The van der Waals surface area contributed by atoms with E-state index >= 15 is 0 Å². The first-order valence-electron chi connectivity index (χ1n) is 9.11. The molecule has 2 heterocycles. The molecule has 30 heavy (non-hydrogen) atoms. The van der Waals surface area contributed by atoms with Gasteiger partial charge in [0, 0.05) is 18.8 Å². The van der Waals surface area contributed by atoms with Crippen LogP contribution in [0.1, 0.15) is 17.6 Å². The Morgan fingerprint density at radius 3 is 2.43 bits per heavy atom. The molecule has 1 saturated heterocycles. The number of anilines is 1. The average Bonchev–Trinajstić information content (AvgIpc) is 3.09. The molecule has 1 atom stereocenters. The fourth-order valence-electron chi connectivity index (χ4n) is 3.02. The van der Waals surface area contributed by atoms with Gasteiger partial charge < -0.3 is 24.9 Å². The van der Waals surface area contributed by atoms with Gasteiger partial charge in [-0.05, 0) is 43.3 Å². The highest BCUT2D eigenvalue weighted by molar-refractivity contribution is 14.0. The van der Waals surface area contributed by atoms with Gasteiger partial charge >= 0.3 is 6.36 Å². The van der Waals surface area contributed by atoms with Crippen molar-refractivity contribution in [3.8, 4) is 5.75 Å². The van der Waals surface area contributed by atoms with Gasteiger partial charge in [0.15, 0.2) is 5.96 Å². The normalized spacial score (nSPS) is 16.6. The summed E-state index contributed by atoms with van der Waals surface area (Å²) in [4.78, 5) is 6.62. The minimum atomic E-state index is -4.73. The zero-order valence-electron chi connectivity index (χ0n) is 16.3. The number of nitrogens with one attached hydrogen (secondary N) is 1. The number of hydrogen-bond donors (Lipinski definition) is 2. The molecule has 0 saturated carbocycles. The third kappa shape index (κ3) is 7.36. The van der Waals surface area contributed by atoms with Crippen molar-refractivity contribution in [2.24, 2.45) is 10.7 Å². The Kier molecular flexibility index (Phi) is 8.79. The van der Waals surface area contributed by atoms with E-state index in [9.17, 15) is 13.2 Å². The number of ether oxygens (including phenoxy) is 2. The Morgan fingerprint density at radius 1 is 1.20 bits per heavy atom. The van der Waals surface area contributed by atoms with Crippen molar-refractivity contribution in [2.75, 3.05) is 38.2 Å². The van der Waals surface area contributed by atoms with Gasteiger partial charge in [-0.15, -0.1) is 37.1 Å². The van der Waals surface area contributed by atoms with E-state index in [-0.39, 0.29) is 41.7 Å². The second-order valence-corrected chi connectivity index (χ2v) is 6.54. The molecule has 1 unspecified atom stereocenters. The highest BCUT2D eigenvalue weighted by atomic mass is 127. The van der Waals surface area contributed by atoms with Gasteiger partial charge in [-0.3, -0.25) is 9.89 Å². The first kappa shape index (κ1) is 24.3. The second kappa shape index (κ2) is 10.9. The molecule has 11 heteroatoms. The topological polar surface area (TPSA) is 85.2 Å². The maximum Gasteiger partial charge on any atom is 0.573 e. The standard InChI is InChI=1S/C19H23F3N4O3.HI/c1-13-2-7-17(28-13)16(26-8-10-27-11-9-26)12-24-18(23)25-14-3-5-15(6-4-14)29-19(20,21)22;/h2-7,16H,8-12H2,1H3,(H3,23,24,25);1H. The Morgan fingerprint density at radius 2 is 1.87 bits per heavy atom. The molecule has 1 aromatic carbocycles. The van der Waals surface area contributed by atoms with Crippen LogP contribution in [0.3, 0.4) is 0 Å². The predicted molar refractivity (Wildman–Crippen MR) is 117 cm³/mol. The summed E-state index contributed by atoms with van der Waals surface area (Å²) in [7, 11) is 0. The van der Waals surface area contributed by atoms with E-state index in [2.05, 4.69) is 19.9 Å². The van der Waals surface area contributed by atoms with Gasteiger partial charge in [-0.25, -0.2) is 0 Å². The number of morpholine rings is 1. The summed E-state index contributed by atoms with van der Waals surface area (Å²) < 4.78 is 51.7. The molecule has 0 aliphatic carbocycles. The molecule has 0 amide bonds. The van der Waals surface area contributed by atoms with Gasteiger partial charge in [0.25, 0.3) is 0 Å². The summed E-state index contributed by atoms with van der Waals surface area (Å²) in [6.07, 6.45) is -4.73. The largest absolute Gasteiger partial charge is 0.573 e. The number of hydrogen-bond acceptors (Lipinski definition) is 5. The highest BCUT2D eigenvalue weighted by Crippen LogP contribution is 2.25. The van der Waals surface area contributed by atoms with Crippen LogP contribution in [-0.2, 0) is 4.74 Å². The molecule has 3 rings (SSSR count). The predicted octanol–water partition coefficient (Wildman–Crippen LogP) is 3.90. The molecule has 1 aromatic heterocycles.